The Bertz CT molecular complexity index is 268. The summed E-state index contributed by atoms with van der Waals surface area (Å²) in [6, 6.07) is 1.17. The highest BCUT2D eigenvalue weighted by molar-refractivity contribution is 4.91. The Morgan fingerprint density at radius 2 is 1.79 bits per heavy atom. The van der Waals surface area contributed by atoms with Crippen molar-refractivity contribution in [3.8, 4) is 0 Å². The number of hydrogen-bond donors (Lipinski definition) is 3. The van der Waals surface area contributed by atoms with Gasteiger partial charge in [-0.15, -0.1) is 0 Å². The highest BCUT2D eigenvalue weighted by Crippen LogP contribution is 2.24. The molecule has 2 atom stereocenters. The molecule has 2 heterocycles. The zero-order chi connectivity index (χ0) is 12.9. The normalized spacial score (nSPS) is 36.0. The minimum Gasteiger partial charge on any atom is -0.308 e. The molecule has 5 heteroatoms. The quantitative estimate of drug-likeness (QED) is 0.656. The Hall–Kier alpha value is -0.200. The zero-order valence-electron chi connectivity index (χ0n) is 11.9. The average Bonchev–Trinajstić information content (AvgIpc) is 2.63. The summed E-state index contributed by atoms with van der Waals surface area (Å²) in [5, 5.41) is 7.15. The Morgan fingerprint density at radius 1 is 1.00 bits per heavy atom. The van der Waals surface area contributed by atoms with Crippen LogP contribution in [0.4, 0.5) is 0 Å². The van der Waals surface area contributed by atoms with E-state index in [1.54, 1.807) is 0 Å². The molecule has 0 radical (unpaired) electrons. The molecule has 0 spiro atoms. The maximum Gasteiger partial charge on any atom is 0.102 e. The molecule has 3 rings (SSSR count). The van der Waals surface area contributed by atoms with E-state index in [9.17, 15) is 0 Å². The van der Waals surface area contributed by atoms with Gasteiger partial charge in [-0.25, -0.2) is 0 Å². The maximum atomic E-state index is 5.56. The van der Waals surface area contributed by atoms with Gasteiger partial charge in [0.2, 0.25) is 0 Å². The van der Waals surface area contributed by atoms with Crippen molar-refractivity contribution >= 4 is 0 Å². The van der Waals surface area contributed by atoms with E-state index in [2.05, 4.69) is 21.0 Å². The van der Waals surface area contributed by atoms with Crippen LogP contribution in [-0.2, 0) is 4.84 Å². The second-order valence-electron chi connectivity index (χ2n) is 6.10. The average molecular weight is 268 g/mol. The predicted molar refractivity (Wildman–Crippen MR) is 75.5 cm³/mol. The van der Waals surface area contributed by atoms with Crippen LogP contribution in [0.15, 0.2) is 0 Å². The van der Waals surface area contributed by atoms with Crippen molar-refractivity contribution < 1.29 is 4.84 Å². The minimum absolute atomic E-state index is 0.327. The molecule has 3 aliphatic rings. The summed E-state index contributed by atoms with van der Waals surface area (Å²) in [6.07, 6.45) is 10.0. The molecule has 1 saturated carbocycles. The fraction of sp³-hybridized carbons (Fsp3) is 1.00. The molecule has 19 heavy (non-hydrogen) atoms. The van der Waals surface area contributed by atoms with Gasteiger partial charge in [0.1, 0.15) is 6.17 Å². The molecule has 0 bridgehead atoms. The van der Waals surface area contributed by atoms with Crippen molar-refractivity contribution in [3.63, 3.8) is 0 Å². The summed E-state index contributed by atoms with van der Waals surface area (Å²) in [4.78, 5) is 8.15. The summed E-state index contributed by atoms with van der Waals surface area (Å²) in [7, 11) is 0. The van der Waals surface area contributed by atoms with Crippen LogP contribution in [-0.4, -0.2) is 49.5 Å². The van der Waals surface area contributed by atoms with Gasteiger partial charge in [0, 0.05) is 25.8 Å². The van der Waals surface area contributed by atoms with Crippen molar-refractivity contribution in [1.29, 1.82) is 0 Å². The lowest BCUT2D eigenvalue weighted by molar-refractivity contribution is -0.0585. The second kappa shape index (κ2) is 6.99. The van der Waals surface area contributed by atoms with Crippen LogP contribution in [0.2, 0.25) is 0 Å². The van der Waals surface area contributed by atoms with E-state index in [1.807, 2.05) is 0 Å². The van der Waals surface area contributed by atoms with Gasteiger partial charge in [0.05, 0.1) is 12.6 Å². The molecule has 1 aliphatic carbocycles. The first kappa shape index (κ1) is 13.8. The topological polar surface area (TPSA) is 48.6 Å². The Morgan fingerprint density at radius 3 is 2.63 bits per heavy atom. The molecule has 2 aliphatic heterocycles. The number of nitrogens with zero attached hydrogens (tertiary/aromatic N) is 1. The van der Waals surface area contributed by atoms with Crippen LogP contribution in [0.25, 0.3) is 0 Å². The van der Waals surface area contributed by atoms with Gasteiger partial charge >= 0.3 is 0 Å². The standard InChI is InChI=1S/C14H28N4O/c1-2-4-6-12(7-5-3-1)18-11-15-10-13-14(18)17-19-9-8-16-13/h12-17H,1-11H2. The van der Waals surface area contributed by atoms with E-state index < -0.39 is 0 Å². The summed E-state index contributed by atoms with van der Waals surface area (Å²) in [5.41, 5.74) is 3.29. The third-order valence-corrected chi connectivity index (χ3v) is 4.76. The number of hydrogen-bond acceptors (Lipinski definition) is 5. The van der Waals surface area contributed by atoms with Gasteiger partial charge in [-0.1, -0.05) is 32.1 Å². The minimum atomic E-state index is 0.327. The van der Waals surface area contributed by atoms with Crippen LogP contribution in [0.1, 0.15) is 44.9 Å². The first-order valence-electron chi connectivity index (χ1n) is 8.02. The number of rotatable bonds is 1. The molecule has 0 aromatic heterocycles. The first-order valence-corrected chi connectivity index (χ1v) is 8.02. The molecule has 2 unspecified atom stereocenters. The van der Waals surface area contributed by atoms with E-state index in [1.165, 1.54) is 44.9 Å². The van der Waals surface area contributed by atoms with Crippen LogP contribution < -0.4 is 16.1 Å². The summed E-state index contributed by atoms with van der Waals surface area (Å²) < 4.78 is 0. The van der Waals surface area contributed by atoms with Crippen LogP contribution >= 0.6 is 0 Å². The van der Waals surface area contributed by atoms with Crippen molar-refractivity contribution in [3.05, 3.63) is 0 Å². The van der Waals surface area contributed by atoms with Gasteiger partial charge < -0.3 is 10.6 Å². The fourth-order valence-corrected chi connectivity index (χ4v) is 3.69. The smallest absolute Gasteiger partial charge is 0.102 e. The van der Waals surface area contributed by atoms with E-state index in [0.717, 1.165) is 26.4 Å². The van der Waals surface area contributed by atoms with Crippen molar-refractivity contribution in [1.82, 2.24) is 21.0 Å². The van der Waals surface area contributed by atoms with Crippen LogP contribution in [0.5, 0.6) is 0 Å². The molecule has 3 fully saturated rings. The predicted octanol–water partition coefficient (Wildman–Crippen LogP) is 0.781. The molecule has 2 saturated heterocycles. The van der Waals surface area contributed by atoms with E-state index >= 15 is 0 Å². The fourth-order valence-electron chi connectivity index (χ4n) is 3.69. The second-order valence-corrected chi connectivity index (χ2v) is 6.10. The largest absolute Gasteiger partial charge is 0.308 e. The van der Waals surface area contributed by atoms with Gasteiger partial charge in [0.15, 0.2) is 0 Å². The highest BCUT2D eigenvalue weighted by Gasteiger charge is 2.36. The SMILES string of the molecule is C1CCCC(N2CNCC3NCCONC32)CCC1. The molecular weight excluding hydrogens is 240 g/mol. The van der Waals surface area contributed by atoms with Crippen molar-refractivity contribution in [2.75, 3.05) is 26.4 Å². The van der Waals surface area contributed by atoms with Gasteiger partial charge in [-0.05, 0) is 12.8 Å². The van der Waals surface area contributed by atoms with Gasteiger partial charge in [0.25, 0.3) is 0 Å². The lowest BCUT2D eigenvalue weighted by Crippen LogP contribution is -2.67. The van der Waals surface area contributed by atoms with Crippen molar-refractivity contribution in [2.24, 2.45) is 0 Å². The molecule has 0 aromatic rings. The maximum absolute atomic E-state index is 5.56. The molecule has 110 valence electrons. The highest BCUT2D eigenvalue weighted by atomic mass is 16.6. The number of hydroxylamine groups is 1. The number of fused-ring (bicyclic) bond motifs is 1. The molecule has 5 nitrogen and oxygen atoms in total. The molecule has 0 aromatic carbocycles. The third-order valence-electron chi connectivity index (χ3n) is 4.76. The zero-order valence-corrected chi connectivity index (χ0v) is 11.9. The van der Waals surface area contributed by atoms with Gasteiger partial charge in [-0.3, -0.25) is 9.74 Å². The summed E-state index contributed by atoms with van der Waals surface area (Å²) in [5.74, 6) is 0. The Labute approximate surface area is 116 Å². The van der Waals surface area contributed by atoms with E-state index in [0.29, 0.717) is 18.2 Å². The molecular formula is C14H28N4O. The molecule has 3 N–H and O–H groups in total. The van der Waals surface area contributed by atoms with E-state index in [4.69, 9.17) is 4.84 Å². The lowest BCUT2D eigenvalue weighted by Gasteiger charge is -2.45. The van der Waals surface area contributed by atoms with Gasteiger partial charge in [-0.2, -0.15) is 5.48 Å². The van der Waals surface area contributed by atoms with Crippen molar-refractivity contribution in [2.45, 2.75) is 63.2 Å². The third kappa shape index (κ3) is 3.47. The summed E-state index contributed by atoms with van der Waals surface area (Å²) >= 11 is 0. The Balaban J connectivity index is 1.66. The molecule has 0 amide bonds. The van der Waals surface area contributed by atoms with Crippen LogP contribution in [0.3, 0.4) is 0 Å². The first-order chi connectivity index (χ1) is 9.45. The monoisotopic (exact) mass is 268 g/mol. The van der Waals surface area contributed by atoms with Crippen LogP contribution in [0, 0.1) is 0 Å². The Kier molecular flexibility index (Phi) is 5.07. The summed E-state index contributed by atoms with van der Waals surface area (Å²) in [6.45, 7) is 3.72. The lowest BCUT2D eigenvalue weighted by atomic mass is 9.94. The van der Waals surface area contributed by atoms with E-state index in [-0.39, 0.29) is 0 Å². The number of nitrogens with one attached hydrogen (secondary N) is 3.